The van der Waals surface area contributed by atoms with Gasteiger partial charge in [-0.1, -0.05) is 0 Å². The molecule has 1 saturated heterocycles. The topological polar surface area (TPSA) is 66.6 Å². The van der Waals surface area contributed by atoms with Crippen LogP contribution in [0.4, 0.5) is 18.9 Å². The Morgan fingerprint density at radius 1 is 1.43 bits per heavy atom. The lowest BCUT2D eigenvalue weighted by Gasteiger charge is -2.37. The van der Waals surface area contributed by atoms with Crippen LogP contribution in [0.25, 0.3) is 0 Å². The normalized spacial score (nSPS) is 23.2. The van der Waals surface area contributed by atoms with Crippen LogP contribution in [0.1, 0.15) is 35.7 Å². The summed E-state index contributed by atoms with van der Waals surface area (Å²) in [6, 6.07) is 3.12. The minimum Gasteiger partial charge on any atom is -0.398 e. The van der Waals surface area contributed by atoms with Crippen LogP contribution in [-0.2, 0) is 6.18 Å². The van der Waals surface area contributed by atoms with Crippen molar-refractivity contribution in [3.63, 3.8) is 0 Å². The molecule has 0 radical (unpaired) electrons. The number of likely N-dealkylation sites (tertiary alicyclic amines) is 1. The van der Waals surface area contributed by atoms with Gasteiger partial charge >= 0.3 is 6.18 Å². The predicted octanol–water partition coefficient (Wildman–Crippen LogP) is 2.27. The molecule has 2 rings (SSSR count). The second kappa shape index (κ2) is 5.22. The number of hydrogen-bond donors (Lipinski definition) is 2. The number of rotatable bonds is 1. The van der Waals surface area contributed by atoms with Crippen molar-refractivity contribution < 1.29 is 23.1 Å². The molecule has 1 aliphatic heterocycles. The Bertz CT molecular complexity index is 556. The van der Waals surface area contributed by atoms with Crippen LogP contribution in [0, 0.1) is 0 Å². The highest BCUT2D eigenvalue weighted by Gasteiger charge is 2.35. The number of piperidine rings is 1. The van der Waals surface area contributed by atoms with Crippen molar-refractivity contribution in [2.75, 3.05) is 18.8 Å². The zero-order chi connectivity index (χ0) is 15.8. The van der Waals surface area contributed by atoms with E-state index in [2.05, 4.69) is 0 Å². The Morgan fingerprint density at radius 3 is 2.67 bits per heavy atom. The Balaban J connectivity index is 2.28. The molecule has 1 unspecified atom stereocenters. The molecule has 21 heavy (non-hydrogen) atoms. The molecule has 0 saturated carbocycles. The van der Waals surface area contributed by atoms with Crippen molar-refractivity contribution in [1.82, 2.24) is 4.90 Å². The van der Waals surface area contributed by atoms with Gasteiger partial charge in [-0.3, -0.25) is 4.79 Å². The predicted molar refractivity (Wildman–Crippen MR) is 71.6 cm³/mol. The van der Waals surface area contributed by atoms with Crippen LogP contribution in [0.3, 0.4) is 0 Å². The number of amides is 1. The van der Waals surface area contributed by atoms with E-state index in [9.17, 15) is 23.1 Å². The molecule has 0 aliphatic carbocycles. The van der Waals surface area contributed by atoms with E-state index in [4.69, 9.17) is 5.73 Å². The van der Waals surface area contributed by atoms with E-state index in [1.165, 1.54) is 11.0 Å². The average Bonchev–Trinajstić information content (AvgIpc) is 2.36. The lowest BCUT2D eigenvalue weighted by Crippen LogP contribution is -2.48. The van der Waals surface area contributed by atoms with E-state index >= 15 is 0 Å². The van der Waals surface area contributed by atoms with Crippen LogP contribution in [0.2, 0.25) is 0 Å². The largest absolute Gasteiger partial charge is 0.418 e. The van der Waals surface area contributed by atoms with Gasteiger partial charge < -0.3 is 15.7 Å². The van der Waals surface area contributed by atoms with Gasteiger partial charge in [0, 0.05) is 24.3 Å². The van der Waals surface area contributed by atoms with Crippen molar-refractivity contribution in [2.24, 2.45) is 0 Å². The van der Waals surface area contributed by atoms with Crippen molar-refractivity contribution in [1.29, 1.82) is 0 Å². The Morgan fingerprint density at radius 2 is 2.10 bits per heavy atom. The standard InChI is InChI=1S/C14H17F3N2O2/c1-13(21)5-2-6-19(8-13)12(20)9-3-4-11(18)10(7-9)14(15,16)17/h3-4,7,21H,2,5-6,8,18H2,1H3. The van der Waals surface area contributed by atoms with Gasteiger partial charge in [-0.15, -0.1) is 0 Å². The lowest BCUT2D eigenvalue weighted by molar-refractivity contribution is -0.136. The van der Waals surface area contributed by atoms with Gasteiger partial charge in [-0.05, 0) is 38.0 Å². The smallest absolute Gasteiger partial charge is 0.398 e. The number of aliphatic hydroxyl groups is 1. The first-order valence-electron chi connectivity index (χ1n) is 6.58. The number of carbonyl (C=O) groups is 1. The van der Waals surface area contributed by atoms with E-state index in [1.807, 2.05) is 0 Å². The fourth-order valence-corrected chi connectivity index (χ4v) is 2.51. The second-order valence-corrected chi connectivity index (χ2v) is 5.63. The van der Waals surface area contributed by atoms with E-state index in [1.54, 1.807) is 6.92 Å². The molecule has 1 aliphatic rings. The summed E-state index contributed by atoms with van der Waals surface area (Å²) in [5.41, 5.74) is 2.80. The van der Waals surface area contributed by atoms with Gasteiger partial charge in [-0.2, -0.15) is 13.2 Å². The quantitative estimate of drug-likeness (QED) is 0.782. The first-order chi connectivity index (χ1) is 9.60. The van der Waals surface area contributed by atoms with Gasteiger partial charge in [0.05, 0.1) is 11.2 Å². The molecule has 3 N–H and O–H groups in total. The molecule has 0 aromatic heterocycles. The maximum absolute atomic E-state index is 12.8. The first-order valence-corrected chi connectivity index (χ1v) is 6.58. The molecule has 116 valence electrons. The lowest BCUT2D eigenvalue weighted by atomic mass is 9.94. The Hall–Kier alpha value is -1.76. The molecule has 1 atom stereocenters. The van der Waals surface area contributed by atoms with Crippen LogP contribution >= 0.6 is 0 Å². The van der Waals surface area contributed by atoms with Crippen molar-refractivity contribution in [3.05, 3.63) is 29.3 Å². The molecule has 1 amide bonds. The minimum absolute atomic E-state index is 0.0748. The van der Waals surface area contributed by atoms with Crippen molar-refractivity contribution in [2.45, 2.75) is 31.5 Å². The molecule has 4 nitrogen and oxygen atoms in total. The average molecular weight is 302 g/mol. The molecule has 1 heterocycles. The van der Waals surface area contributed by atoms with Gasteiger partial charge in [0.25, 0.3) is 5.91 Å². The molecule has 1 aromatic rings. The van der Waals surface area contributed by atoms with E-state index in [0.29, 0.717) is 19.4 Å². The summed E-state index contributed by atoms with van der Waals surface area (Å²) in [6.45, 7) is 2.13. The molecule has 0 bridgehead atoms. The zero-order valence-corrected chi connectivity index (χ0v) is 11.6. The number of β-amino-alcohol motifs (C(OH)–C–C–N with tert-alkyl or cyclic N) is 1. The third-order valence-electron chi connectivity index (χ3n) is 3.57. The summed E-state index contributed by atoms with van der Waals surface area (Å²) in [5, 5.41) is 9.97. The highest BCUT2D eigenvalue weighted by molar-refractivity contribution is 5.95. The summed E-state index contributed by atoms with van der Waals surface area (Å²) >= 11 is 0. The molecule has 7 heteroatoms. The summed E-state index contributed by atoms with van der Waals surface area (Å²) in [4.78, 5) is 13.7. The van der Waals surface area contributed by atoms with Gasteiger partial charge in [-0.25, -0.2) is 0 Å². The van der Waals surface area contributed by atoms with E-state index in [-0.39, 0.29) is 12.1 Å². The van der Waals surface area contributed by atoms with Crippen LogP contribution in [0.15, 0.2) is 18.2 Å². The van der Waals surface area contributed by atoms with E-state index in [0.717, 1.165) is 12.1 Å². The highest BCUT2D eigenvalue weighted by atomic mass is 19.4. The molecular weight excluding hydrogens is 285 g/mol. The number of nitrogens with zero attached hydrogens (tertiary/aromatic N) is 1. The first kappa shape index (κ1) is 15.6. The van der Waals surface area contributed by atoms with Crippen molar-refractivity contribution in [3.8, 4) is 0 Å². The molecular formula is C14H17F3N2O2. The SMILES string of the molecule is CC1(O)CCCN(C(=O)c2ccc(N)c(C(F)(F)F)c2)C1. The van der Waals surface area contributed by atoms with Crippen molar-refractivity contribution >= 4 is 11.6 Å². The van der Waals surface area contributed by atoms with Gasteiger partial charge in [0.1, 0.15) is 0 Å². The van der Waals surface area contributed by atoms with Crippen LogP contribution < -0.4 is 5.73 Å². The fraction of sp³-hybridized carbons (Fsp3) is 0.500. The molecule has 1 aromatic carbocycles. The number of nitrogens with two attached hydrogens (primary N) is 1. The zero-order valence-electron chi connectivity index (χ0n) is 11.6. The number of benzene rings is 1. The Labute approximate surface area is 120 Å². The number of nitrogen functional groups attached to an aromatic ring is 1. The summed E-state index contributed by atoms with van der Waals surface area (Å²) < 4.78 is 38.4. The maximum Gasteiger partial charge on any atom is 0.418 e. The third kappa shape index (κ3) is 3.47. The fourth-order valence-electron chi connectivity index (χ4n) is 2.51. The Kier molecular flexibility index (Phi) is 3.88. The second-order valence-electron chi connectivity index (χ2n) is 5.63. The number of anilines is 1. The summed E-state index contributed by atoms with van der Waals surface area (Å²) in [7, 11) is 0. The summed E-state index contributed by atoms with van der Waals surface area (Å²) in [5.74, 6) is -0.527. The van der Waals surface area contributed by atoms with E-state index < -0.39 is 28.9 Å². The van der Waals surface area contributed by atoms with Crippen LogP contribution in [-0.4, -0.2) is 34.6 Å². The maximum atomic E-state index is 12.8. The van der Waals surface area contributed by atoms with Gasteiger partial charge in [0.15, 0.2) is 0 Å². The summed E-state index contributed by atoms with van der Waals surface area (Å²) in [6.07, 6.45) is -3.43. The molecule has 1 fully saturated rings. The monoisotopic (exact) mass is 302 g/mol. The van der Waals surface area contributed by atoms with Gasteiger partial charge in [0.2, 0.25) is 0 Å². The number of alkyl halides is 3. The number of halogens is 3. The van der Waals surface area contributed by atoms with Crippen LogP contribution in [0.5, 0.6) is 0 Å². The number of carbonyl (C=O) groups excluding carboxylic acids is 1. The highest BCUT2D eigenvalue weighted by Crippen LogP contribution is 2.34. The third-order valence-corrected chi connectivity index (χ3v) is 3.57. The number of hydrogen-bond acceptors (Lipinski definition) is 3. The minimum atomic E-state index is -4.60. The molecule has 0 spiro atoms.